The SMILES string of the molecule is CC(C)OC(=O)NCC[NH+](C)C. The Kier molecular flexibility index (Phi) is 5.45. The largest absolute Gasteiger partial charge is 0.447 e. The van der Waals surface area contributed by atoms with Crippen molar-refractivity contribution >= 4 is 6.09 Å². The van der Waals surface area contributed by atoms with Crippen LogP contribution < -0.4 is 10.2 Å². The summed E-state index contributed by atoms with van der Waals surface area (Å²) in [6, 6.07) is 0. The van der Waals surface area contributed by atoms with Crippen molar-refractivity contribution in [2.24, 2.45) is 0 Å². The van der Waals surface area contributed by atoms with Crippen molar-refractivity contribution in [1.29, 1.82) is 0 Å². The van der Waals surface area contributed by atoms with E-state index in [-0.39, 0.29) is 12.2 Å². The van der Waals surface area contributed by atoms with Crippen LogP contribution in [0.5, 0.6) is 0 Å². The number of nitrogens with one attached hydrogen (secondary N) is 2. The molecule has 0 radical (unpaired) electrons. The summed E-state index contributed by atoms with van der Waals surface area (Å²) in [6.07, 6.45) is -0.372. The number of likely N-dealkylation sites (N-methyl/N-ethyl adjacent to an activating group) is 1. The topological polar surface area (TPSA) is 42.8 Å². The molecule has 72 valence electrons. The predicted octanol–water partition coefficient (Wildman–Crippen LogP) is -0.734. The predicted molar refractivity (Wildman–Crippen MR) is 47.3 cm³/mol. The molecule has 0 aliphatic rings. The van der Waals surface area contributed by atoms with E-state index in [9.17, 15) is 4.79 Å². The van der Waals surface area contributed by atoms with E-state index in [1.165, 1.54) is 4.90 Å². The highest BCUT2D eigenvalue weighted by atomic mass is 16.6. The molecule has 0 aromatic rings. The van der Waals surface area contributed by atoms with Gasteiger partial charge in [-0.25, -0.2) is 4.79 Å². The summed E-state index contributed by atoms with van der Waals surface area (Å²) in [5.74, 6) is 0. The maximum Gasteiger partial charge on any atom is 0.407 e. The fraction of sp³-hybridized carbons (Fsp3) is 0.875. The smallest absolute Gasteiger partial charge is 0.407 e. The standard InChI is InChI=1S/C8H18N2O2/c1-7(2)12-8(11)9-5-6-10(3)4/h7H,5-6H2,1-4H3,(H,9,11)/p+1. The van der Waals surface area contributed by atoms with Gasteiger partial charge in [0.05, 0.1) is 33.3 Å². The van der Waals surface area contributed by atoms with Crippen LogP contribution in [0, 0.1) is 0 Å². The molecule has 0 saturated heterocycles. The minimum absolute atomic E-state index is 0.0447. The molecule has 0 spiro atoms. The van der Waals surface area contributed by atoms with Gasteiger partial charge in [-0.3, -0.25) is 0 Å². The molecule has 0 saturated carbocycles. The first-order valence-electron chi connectivity index (χ1n) is 4.26. The minimum Gasteiger partial charge on any atom is -0.447 e. The number of rotatable bonds is 4. The quantitative estimate of drug-likeness (QED) is 0.591. The zero-order valence-corrected chi connectivity index (χ0v) is 8.31. The van der Waals surface area contributed by atoms with E-state index in [1.54, 1.807) is 0 Å². The van der Waals surface area contributed by atoms with Gasteiger partial charge in [0.1, 0.15) is 0 Å². The number of hydrogen-bond acceptors (Lipinski definition) is 2. The monoisotopic (exact) mass is 175 g/mol. The maximum atomic E-state index is 10.9. The highest BCUT2D eigenvalue weighted by Gasteiger charge is 2.03. The molecule has 0 aromatic heterocycles. The van der Waals surface area contributed by atoms with E-state index in [0.29, 0.717) is 6.54 Å². The average molecular weight is 175 g/mol. The second kappa shape index (κ2) is 5.83. The van der Waals surface area contributed by atoms with Crippen LogP contribution in [0.2, 0.25) is 0 Å². The first-order chi connectivity index (χ1) is 5.52. The highest BCUT2D eigenvalue weighted by molar-refractivity contribution is 5.67. The van der Waals surface area contributed by atoms with E-state index in [4.69, 9.17) is 4.74 Å². The summed E-state index contributed by atoms with van der Waals surface area (Å²) in [4.78, 5) is 12.2. The third kappa shape index (κ3) is 7.34. The molecule has 0 aliphatic carbocycles. The third-order valence-electron chi connectivity index (χ3n) is 1.24. The summed E-state index contributed by atoms with van der Waals surface area (Å²) in [5.41, 5.74) is 0. The number of carbonyl (C=O) groups is 1. The van der Waals surface area contributed by atoms with Gasteiger partial charge in [-0.15, -0.1) is 0 Å². The van der Waals surface area contributed by atoms with Gasteiger partial charge in [-0.1, -0.05) is 0 Å². The lowest BCUT2D eigenvalue weighted by Crippen LogP contribution is -3.06. The summed E-state index contributed by atoms with van der Waals surface area (Å²) < 4.78 is 4.87. The summed E-state index contributed by atoms with van der Waals surface area (Å²) in [5, 5.41) is 2.66. The molecular formula is C8H19N2O2+. The van der Waals surface area contributed by atoms with Crippen LogP contribution in [0.15, 0.2) is 0 Å². The van der Waals surface area contributed by atoms with Crippen LogP contribution >= 0.6 is 0 Å². The zero-order chi connectivity index (χ0) is 9.56. The second-order valence-corrected chi connectivity index (χ2v) is 3.34. The van der Waals surface area contributed by atoms with E-state index in [1.807, 2.05) is 27.9 Å². The van der Waals surface area contributed by atoms with Crippen LogP contribution in [-0.2, 0) is 4.74 Å². The Labute approximate surface area is 73.9 Å². The molecule has 0 aromatic carbocycles. The minimum atomic E-state index is -0.328. The molecule has 0 rings (SSSR count). The molecule has 0 aliphatic heterocycles. The fourth-order valence-corrected chi connectivity index (χ4v) is 0.670. The maximum absolute atomic E-state index is 10.9. The van der Waals surface area contributed by atoms with Gasteiger partial charge >= 0.3 is 6.09 Å². The van der Waals surface area contributed by atoms with Crippen molar-refractivity contribution in [2.75, 3.05) is 27.2 Å². The number of amides is 1. The molecule has 0 atom stereocenters. The van der Waals surface area contributed by atoms with Gasteiger partial charge in [0.15, 0.2) is 0 Å². The Balaban J connectivity index is 3.32. The van der Waals surface area contributed by atoms with E-state index in [2.05, 4.69) is 5.32 Å². The molecule has 0 bridgehead atoms. The van der Waals surface area contributed by atoms with Gasteiger partial charge in [-0.05, 0) is 13.8 Å². The first-order valence-corrected chi connectivity index (χ1v) is 4.26. The van der Waals surface area contributed by atoms with Gasteiger partial charge < -0.3 is 15.0 Å². The third-order valence-corrected chi connectivity index (χ3v) is 1.24. The van der Waals surface area contributed by atoms with Gasteiger partial charge in [0.25, 0.3) is 0 Å². The van der Waals surface area contributed by atoms with Crippen LogP contribution in [0.25, 0.3) is 0 Å². The van der Waals surface area contributed by atoms with Crippen molar-refractivity contribution in [1.82, 2.24) is 5.32 Å². The Hall–Kier alpha value is -0.770. The Bertz CT molecular complexity index is 135. The number of alkyl carbamates (subject to hydrolysis) is 1. The zero-order valence-electron chi connectivity index (χ0n) is 8.31. The molecule has 1 amide bonds. The lowest BCUT2D eigenvalue weighted by Gasteiger charge is -2.10. The van der Waals surface area contributed by atoms with Crippen LogP contribution in [-0.4, -0.2) is 39.4 Å². The number of ether oxygens (including phenoxy) is 1. The van der Waals surface area contributed by atoms with Crippen LogP contribution in [0.3, 0.4) is 0 Å². The molecule has 4 nitrogen and oxygen atoms in total. The van der Waals surface area contributed by atoms with Crippen molar-refractivity contribution in [3.63, 3.8) is 0 Å². The van der Waals surface area contributed by atoms with E-state index >= 15 is 0 Å². The molecule has 2 N–H and O–H groups in total. The van der Waals surface area contributed by atoms with Gasteiger partial charge in [0.2, 0.25) is 0 Å². The second-order valence-electron chi connectivity index (χ2n) is 3.34. The molecule has 0 unspecified atom stereocenters. The van der Waals surface area contributed by atoms with E-state index in [0.717, 1.165) is 6.54 Å². The van der Waals surface area contributed by atoms with Gasteiger partial charge in [0, 0.05) is 0 Å². The summed E-state index contributed by atoms with van der Waals surface area (Å²) in [6.45, 7) is 5.23. The van der Waals surface area contributed by atoms with Crippen molar-refractivity contribution in [2.45, 2.75) is 20.0 Å². The number of carbonyl (C=O) groups excluding carboxylic acids is 1. The normalized spacial score (nSPS) is 10.5. The fourth-order valence-electron chi connectivity index (χ4n) is 0.670. The lowest BCUT2D eigenvalue weighted by molar-refractivity contribution is -0.856. The number of quaternary nitrogens is 1. The Morgan fingerprint density at radius 3 is 2.50 bits per heavy atom. The molecule has 12 heavy (non-hydrogen) atoms. The Morgan fingerprint density at radius 2 is 2.08 bits per heavy atom. The summed E-state index contributed by atoms with van der Waals surface area (Å²) in [7, 11) is 4.07. The molecular weight excluding hydrogens is 156 g/mol. The number of hydrogen-bond donors (Lipinski definition) is 2. The summed E-state index contributed by atoms with van der Waals surface area (Å²) >= 11 is 0. The van der Waals surface area contributed by atoms with Gasteiger partial charge in [-0.2, -0.15) is 0 Å². The lowest BCUT2D eigenvalue weighted by atomic mass is 10.5. The van der Waals surface area contributed by atoms with Crippen molar-refractivity contribution in [3.8, 4) is 0 Å². The van der Waals surface area contributed by atoms with Crippen molar-refractivity contribution < 1.29 is 14.4 Å². The molecule has 4 heteroatoms. The average Bonchev–Trinajstić information content (AvgIpc) is 1.84. The van der Waals surface area contributed by atoms with Crippen LogP contribution in [0.4, 0.5) is 4.79 Å². The molecule has 0 fully saturated rings. The van der Waals surface area contributed by atoms with Crippen molar-refractivity contribution in [3.05, 3.63) is 0 Å². The van der Waals surface area contributed by atoms with Crippen LogP contribution in [0.1, 0.15) is 13.8 Å². The van der Waals surface area contributed by atoms with E-state index < -0.39 is 0 Å². The highest BCUT2D eigenvalue weighted by Crippen LogP contribution is 1.86. The first kappa shape index (κ1) is 11.2. The molecule has 0 heterocycles. The Morgan fingerprint density at radius 1 is 1.50 bits per heavy atom.